The average molecular weight is 573 g/mol. The first-order valence-electron chi connectivity index (χ1n) is 12.4. The zero-order valence-electron chi connectivity index (χ0n) is 20.8. The van der Waals surface area contributed by atoms with Gasteiger partial charge in [0, 0.05) is 12.0 Å². The van der Waals surface area contributed by atoms with Crippen LogP contribution in [0, 0.1) is 5.41 Å². The Morgan fingerprint density at radius 1 is 0.889 bits per heavy atom. The van der Waals surface area contributed by atoms with E-state index in [0.29, 0.717) is 19.6 Å². The zero-order valence-corrected chi connectivity index (χ0v) is 23.3. The van der Waals surface area contributed by atoms with E-state index in [9.17, 15) is 4.57 Å². The van der Waals surface area contributed by atoms with E-state index in [4.69, 9.17) is 18.3 Å². The molecule has 3 aromatic rings. The Hall–Kier alpha value is -1.79. The summed E-state index contributed by atoms with van der Waals surface area (Å²) in [6.07, 6.45) is 0.940. The van der Waals surface area contributed by atoms with Crippen molar-refractivity contribution < 1.29 is 22.9 Å². The van der Waals surface area contributed by atoms with E-state index in [2.05, 4.69) is 40.2 Å². The highest BCUT2D eigenvalue weighted by atomic mass is 79.9. The van der Waals surface area contributed by atoms with Crippen molar-refractivity contribution in [3.8, 4) is 0 Å². The van der Waals surface area contributed by atoms with Gasteiger partial charge in [-0.2, -0.15) is 0 Å². The van der Waals surface area contributed by atoms with Crippen LogP contribution in [0.2, 0.25) is 0 Å². The number of benzene rings is 3. The van der Waals surface area contributed by atoms with E-state index in [1.54, 1.807) is 0 Å². The van der Waals surface area contributed by atoms with Gasteiger partial charge in [0.2, 0.25) is 0 Å². The normalized spacial score (nSPS) is 23.1. The average Bonchev–Trinajstić information content (AvgIpc) is 2.91. The molecule has 1 aliphatic heterocycles. The molecule has 0 amide bonds. The standard InChI is InChI=1S/C29H34BrO5P/c1-29(2)22-34-36(31,35-28(29)25-18-10-5-11-19-25)33-21-13-12-20-32-27(24-16-8-4-9-17-24)26(30)23-14-6-3-7-15-23/h3-11,14-19,26-28H,12-13,20-22H2,1-2H3/t26-,27+,28-,36?/m0/s1. The number of hydrogen-bond donors (Lipinski definition) is 0. The van der Waals surface area contributed by atoms with E-state index in [-0.39, 0.29) is 29.1 Å². The number of hydrogen-bond acceptors (Lipinski definition) is 5. The van der Waals surface area contributed by atoms with E-state index in [0.717, 1.165) is 23.1 Å². The summed E-state index contributed by atoms with van der Waals surface area (Å²) in [4.78, 5) is 0.0236. The van der Waals surface area contributed by atoms with Gasteiger partial charge < -0.3 is 4.74 Å². The third kappa shape index (κ3) is 7.16. The van der Waals surface area contributed by atoms with Gasteiger partial charge in [-0.25, -0.2) is 4.57 Å². The fourth-order valence-corrected chi connectivity index (χ4v) is 6.69. The molecule has 1 heterocycles. The van der Waals surface area contributed by atoms with Crippen LogP contribution in [0.4, 0.5) is 0 Å². The Morgan fingerprint density at radius 3 is 2.08 bits per heavy atom. The molecule has 1 aliphatic rings. The van der Waals surface area contributed by atoms with Crippen LogP contribution in [0.3, 0.4) is 0 Å². The summed E-state index contributed by atoms with van der Waals surface area (Å²) >= 11 is 3.85. The van der Waals surface area contributed by atoms with Gasteiger partial charge in [0.05, 0.1) is 24.1 Å². The molecule has 0 saturated carbocycles. The monoisotopic (exact) mass is 572 g/mol. The number of unbranched alkanes of at least 4 members (excludes halogenated alkanes) is 1. The molecule has 4 rings (SSSR count). The van der Waals surface area contributed by atoms with Gasteiger partial charge in [-0.05, 0) is 29.5 Å². The Balaban J connectivity index is 1.28. The molecule has 1 saturated heterocycles. The molecule has 7 heteroatoms. The molecule has 0 bridgehead atoms. The highest BCUT2D eigenvalue weighted by Gasteiger charge is 2.46. The first-order valence-corrected chi connectivity index (χ1v) is 14.7. The number of alkyl halides is 1. The van der Waals surface area contributed by atoms with Crippen LogP contribution in [-0.2, 0) is 22.9 Å². The molecule has 0 N–H and O–H groups in total. The lowest BCUT2D eigenvalue weighted by Crippen LogP contribution is -2.33. The minimum atomic E-state index is -3.63. The SMILES string of the molecule is CC1(C)COP(=O)(OCCCCO[C@H](c2ccccc2)[C@@H](Br)c2ccccc2)O[C@H]1c1ccccc1. The van der Waals surface area contributed by atoms with E-state index in [1.165, 1.54) is 0 Å². The van der Waals surface area contributed by atoms with Crippen molar-refractivity contribution in [3.05, 3.63) is 108 Å². The quantitative estimate of drug-likeness (QED) is 0.131. The van der Waals surface area contributed by atoms with Crippen molar-refractivity contribution in [1.82, 2.24) is 0 Å². The second-order valence-corrected chi connectivity index (χ2v) is 12.3. The third-order valence-corrected chi connectivity index (χ3v) is 8.66. The first-order chi connectivity index (χ1) is 17.4. The predicted molar refractivity (Wildman–Crippen MR) is 146 cm³/mol. The van der Waals surface area contributed by atoms with Crippen molar-refractivity contribution in [1.29, 1.82) is 0 Å². The Labute approximate surface area is 222 Å². The second kappa shape index (κ2) is 12.6. The third-order valence-electron chi connectivity index (χ3n) is 6.24. The number of phosphoric ester groups is 1. The number of ether oxygens (including phenoxy) is 1. The molecule has 0 aliphatic carbocycles. The molecule has 3 aromatic carbocycles. The van der Waals surface area contributed by atoms with Crippen LogP contribution < -0.4 is 0 Å². The summed E-state index contributed by atoms with van der Waals surface area (Å²) < 4.78 is 36.7. The molecule has 1 unspecified atom stereocenters. The topological polar surface area (TPSA) is 54.0 Å². The molecule has 0 radical (unpaired) electrons. The maximum absolute atomic E-state index is 13.2. The molecular formula is C29H34BrO5P. The molecule has 0 aromatic heterocycles. The highest BCUT2D eigenvalue weighted by molar-refractivity contribution is 9.09. The molecule has 1 fully saturated rings. The minimum Gasteiger partial charge on any atom is -0.372 e. The van der Waals surface area contributed by atoms with Crippen molar-refractivity contribution in [2.24, 2.45) is 5.41 Å². The lowest BCUT2D eigenvalue weighted by molar-refractivity contribution is -0.0566. The first kappa shape index (κ1) is 27.3. The van der Waals surface area contributed by atoms with Gasteiger partial charge >= 0.3 is 7.82 Å². The number of phosphoric acid groups is 1. The summed E-state index contributed by atoms with van der Waals surface area (Å²) in [7, 11) is -3.63. The van der Waals surface area contributed by atoms with Crippen molar-refractivity contribution in [2.45, 2.75) is 43.7 Å². The highest BCUT2D eigenvalue weighted by Crippen LogP contribution is 2.61. The van der Waals surface area contributed by atoms with Crippen LogP contribution in [0.15, 0.2) is 91.0 Å². The Morgan fingerprint density at radius 2 is 1.44 bits per heavy atom. The van der Waals surface area contributed by atoms with E-state index >= 15 is 0 Å². The predicted octanol–water partition coefficient (Wildman–Crippen LogP) is 8.60. The lowest BCUT2D eigenvalue weighted by atomic mass is 9.83. The Bertz CT molecular complexity index is 1110. The van der Waals surface area contributed by atoms with Gasteiger partial charge in [0.1, 0.15) is 6.10 Å². The smallest absolute Gasteiger partial charge is 0.372 e. The van der Waals surface area contributed by atoms with E-state index in [1.807, 2.05) is 80.6 Å². The fraction of sp³-hybridized carbons (Fsp3) is 0.379. The van der Waals surface area contributed by atoms with Crippen LogP contribution in [0.25, 0.3) is 0 Å². The number of rotatable bonds is 11. The number of halogens is 1. The Kier molecular flexibility index (Phi) is 9.57. The van der Waals surface area contributed by atoms with Gasteiger partial charge in [0.15, 0.2) is 0 Å². The zero-order chi connectivity index (χ0) is 25.4. The van der Waals surface area contributed by atoms with Gasteiger partial charge in [-0.1, -0.05) is 121 Å². The van der Waals surface area contributed by atoms with Crippen molar-refractivity contribution in [2.75, 3.05) is 19.8 Å². The van der Waals surface area contributed by atoms with Gasteiger partial charge in [-0.15, -0.1) is 0 Å². The molecule has 4 atom stereocenters. The van der Waals surface area contributed by atoms with Crippen LogP contribution in [0.5, 0.6) is 0 Å². The lowest BCUT2D eigenvalue weighted by Gasteiger charge is -2.40. The van der Waals surface area contributed by atoms with Crippen LogP contribution in [0.1, 0.15) is 60.4 Å². The second-order valence-electron chi connectivity index (χ2n) is 9.66. The van der Waals surface area contributed by atoms with Crippen molar-refractivity contribution in [3.63, 3.8) is 0 Å². The molecule has 192 valence electrons. The maximum atomic E-state index is 13.2. The molecule has 5 nitrogen and oxygen atoms in total. The van der Waals surface area contributed by atoms with Crippen LogP contribution >= 0.6 is 23.8 Å². The van der Waals surface area contributed by atoms with E-state index < -0.39 is 7.82 Å². The summed E-state index contributed by atoms with van der Waals surface area (Å²) in [6, 6.07) is 30.3. The van der Waals surface area contributed by atoms with Gasteiger partial charge in [0.25, 0.3) is 0 Å². The summed E-state index contributed by atoms with van der Waals surface area (Å²) in [6.45, 7) is 5.21. The molecular weight excluding hydrogens is 539 g/mol. The maximum Gasteiger partial charge on any atom is 0.475 e. The summed E-state index contributed by atoms with van der Waals surface area (Å²) in [5.41, 5.74) is 2.93. The van der Waals surface area contributed by atoms with Crippen LogP contribution in [-0.4, -0.2) is 19.8 Å². The summed E-state index contributed by atoms with van der Waals surface area (Å²) in [5.74, 6) is 0. The minimum absolute atomic E-state index is 0.0236. The molecule has 36 heavy (non-hydrogen) atoms. The summed E-state index contributed by atoms with van der Waals surface area (Å²) in [5, 5.41) is 0. The van der Waals surface area contributed by atoms with Gasteiger partial charge in [-0.3, -0.25) is 13.6 Å². The fourth-order valence-electron chi connectivity index (χ4n) is 4.23. The van der Waals surface area contributed by atoms with Crippen molar-refractivity contribution >= 4 is 23.8 Å². The molecule has 0 spiro atoms. The largest absolute Gasteiger partial charge is 0.475 e.